The van der Waals surface area contributed by atoms with Gasteiger partial charge in [-0.15, -0.1) is 0 Å². The Labute approximate surface area is 107 Å². The van der Waals surface area contributed by atoms with Gasteiger partial charge in [0.1, 0.15) is 0 Å². The monoisotopic (exact) mass is 348 g/mol. The summed E-state index contributed by atoms with van der Waals surface area (Å²) in [7, 11) is 0. The van der Waals surface area contributed by atoms with Crippen molar-refractivity contribution in [2.45, 2.75) is 85.1 Å². The van der Waals surface area contributed by atoms with Gasteiger partial charge in [0.2, 0.25) is 0 Å². The molecule has 0 amide bonds. The summed E-state index contributed by atoms with van der Waals surface area (Å²) in [4.78, 5) is 8.41. The average molecular weight is 349 g/mol. The number of alkyl halides is 1. The molecule has 18 heavy (non-hydrogen) atoms. The second-order valence-corrected chi connectivity index (χ2v) is 36.2. The van der Waals surface area contributed by atoms with Crippen LogP contribution in [0.25, 0.3) is 0 Å². The number of fused-ring (bicyclic) bond motifs is 10. The first-order chi connectivity index (χ1) is 8.39. The zero-order chi connectivity index (χ0) is 11.9. The maximum atomic E-state index is 4.56. The van der Waals surface area contributed by atoms with Crippen LogP contribution in [0.15, 0.2) is 0 Å². The molecule has 0 saturated carbocycles. The van der Waals surface area contributed by atoms with Gasteiger partial charge in [0, 0.05) is 0 Å². The van der Waals surface area contributed by atoms with Crippen molar-refractivity contribution >= 4 is 15.9 Å². The molecule has 10 fully saturated rings. The molecule has 10 rings (SSSR count). The van der Waals surface area contributed by atoms with E-state index < -0.39 is 6.51 Å². The molecule has 0 radical (unpaired) electrons. The van der Waals surface area contributed by atoms with Gasteiger partial charge in [-0.3, -0.25) is 0 Å². The molecule has 8 atom stereocenters. The van der Waals surface area contributed by atoms with Crippen molar-refractivity contribution in [2.24, 2.45) is 0 Å². The van der Waals surface area contributed by atoms with Gasteiger partial charge in [0.15, 0.2) is 0 Å². The van der Waals surface area contributed by atoms with Crippen LogP contribution in [-0.2, 0) is 6.51 Å². The fourth-order valence-corrected chi connectivity index (χ4v) is 118. The third-order valence-corrected chi connectivity index (χ3v) is 70.2. The van der Waals surface area contributed by atoms with Crippen molar-refractivity contribution in [3.63, 3.8) is 0 Å². The van der Waals surface area contributed by atoms with Crippen LogP contribution in [0, 0.1) is 0 Å². The minimum atomic E-state index is -3.19. The van der Waals surface area contributed by atoms with E-state index in [4.69, 9.17) is 0 Å². The number of hydrogen-bond donors (Lipinski definition) is 0. The fourth-order valence-electron chi connectivity index (χ4n) is 21.4. The van der Waals surface area contributed by atoms with Crippen LogP contribution in [0.3, 0.4) is 0 Å². The van der Waals surface area contributed by atoms with Crippen LogP contribution in [0.2, 0.25) is 41.8 Å². The molecule has 0 aliphatic carbocycles. The first kappa shape index (κ1) is 7.85. The molecule has 0 bridgehead atoms. The molecule has 10 aliphatic rings. The Balaban J connectivity index is 1.77. The van der Waals surface area contributed by atoms with Crippen LogP contribution >= 0.6 is 15.9 Å². The van der Waals surface area contributed by atoms with Gasteiger partial charge in [-0.25, -0.2) is 0 Å². The van der Waals surface area contributed by atoms with Crippen LogP contribution < -0.4 is 0 Å². The Morgan fingerprint density at radius 1 is 0.889 bits per heavy atom. The molecule has 10 saturated heterocycles. The standard InChI is InChI=1S/C11H17.C5H4Br.Fe/c1-4-9-7-10(5-2)11(6-3)8-9;6-5-3-1-2-4-5;/h7-8H,4-6H2,1-3H3;1-4H;. The second kappa shape index (κ2) is 0.628. The van der Waals surface area contributed by atoms with E-state index in [0.29, 0.717) is 0 Å². The Kier molecular flexibility index (Phi) is 0.274. The van der Waals surface area contributed by atoms with Crippen molar-refractivity contribution in [1.29, 1.82) is 0 Å². The van der Waals surface area contributed by atoms with Crippen LogP contribution in [0.5, 0.6) is 0 Å². The fraction of sp³-hybridized carbons (Fsp3) is 1.00. The van der Waals surface area contributed by atoms with Crippen molar-refractivity contribution < 1.29 is 6.51 Å². The average Bonchev–Trinajstić information content (AvgIpc) is 3.32. The normalized spacial score (nSPS) is 126. The predicted octanol–water partition coefficient (Wildman–Crippen LogP) is 6.02. The van der Waals surface area contributed by atoms with E-state index in [1.54, 1.807) is 19.3 Å². The summed E-state index contributed by atoms with van der Waals surface area (Å²) in [5, 5.41) is 0. The number of rotatable bonds is 3. The number of halogens is 1. The maximum absolute atomic E-state index is 4.56. The summed E-state index contributed by atoms with van der Waals surface area (Å²) in [6, 6.07) is 0. The summed E-state index contributed by atoms with van der Waals surface area (Å²) in [5.41, 5.74) is 0. The molecule has 0 N–H and O–H groups in total. The molecule has 8 unspecified atom stereocenters. The van der Waals surface area contributed by atoms with Crippen LogP contribution in [0.4, 0.5) is 0 Å². The van der Waals surface area contributed by atoms with Crippen molar-refractivity contribution in [3.8, 4) is 0 Å². The summed E-state index contributed by atoms with van der Waals surface area (Å²) in [6.45, 7) is 4.63. The van der Waals surface area contributed by atoms with Gasteiger partial charge in [0.25, 0.3) is 0 Å². The molecule has 10 heterocycles. The zero-order valence-corrected chi connectivity index (χ0v) is 14.0. The SMILES string of the molecule is CC[C]12[CH]3[C]4(CC)[C]5(CC)[CH]1[Fe]32451678[CH]2[CH]1[CH]6[C]7(Br)[CH]28. The van der Waals surface area contributed by atoms with E-state index in [2.05, 4.69) is 36.7 Å². The quantitative estimate of drug-likeness (QED) is 0.432. The van der Waals surface area contributed by atoms with Crippen molar-refractivity contribution in [2.75, 3.05) is 0 Å². The molecular weight excluding hydrogens is 328 g/mol. The molecule has 0 aromatic heterocycles. The van der Waals surface area contributed by atoms with E-state index >= 15 is 0 Å². The van der Waals surface area contributed by atoms with E-state index in [9.17, 15) is 0 Å². The Hall–Kier alpha value is 0.999. The molecule has 0 nitrogen and oxygen atoms in total. The first-order valence-corrected chi connectivity index (χ1v) is 15.1. The molecular formula is C16H21BrFe. The molecule has 10 aliphatic heterocycles. The van der Waals surface area contributed by atoms with Crippen molar-refractivity contribution in [3.05, 3.63) is 0 Å². The van der Waals surface area contributed by atoms with Gasteiger partial charge in [0.05, 0.1) is 0 Å². The summed E-state index contributed by atoms with van der Waals surface area (Å²) in [5.74, 6) is 0. The molecule has 2 heteroatoms. The summed E-state index contributed by atoms with van der Waals surface area (Å²) < 4.78 is 4.10. The molecule has 1 spiro atoms. The molecule has 0 aromatic carbocycles. The third-order valence-electron chi connectivity index (χ3n) is 17.4. The third kappa shape index (κ3) is 0.0629. The van der Waals surface area contributed by atoms with Gasteiger partial charge >= 0.3 is 108 Å². The van der Waals surface area contributed by atoms with Gasteiger partial charge in [-0.05, 0) is 0 Å². The summed E-state index contributed by atoms with van der Waals surface area (Å²) in [6.07, 6.45) is 4.85. The van der Waals surface area contributed by atoms with Gasteiger partial charge in [-0.2, -0.15) is 0 Å². The van der Waals surface area contributed by atoms with E-state index in [-0.39, 0.29) is 0 Å². The zero-order valence-electron chi connectivity index (χ0n) is 11.3. The van der Waals surface area contributed by atoms with Gasteiger partial charge < -0.3 is 0 Å². The van der Waals surface area contributed by atoms with Crippen molar-refractivity contribution in [1.82, 2.24) is 0 Å². The minimum absolute atomic E-state index is 0.897. The van der Waals surface area contributed by atoms with Crippen LogP contribution in [-0.4, -0.2) is 3.22 Å². The Morgan fingerprint density at radius 2 is 1.39 bits per heavy atom. The topological polar surface area (TPSA) is 0 Å². The summed E-state index contributed by atoms with van der Waals surface area (Å²) >= 11 is 4.56. The molecule has 100 valence electrons. The second-order valence-electron chi connectivity index (χ2n) is 11.4. The first-order valence-electron chi connectivity index (χ1n) is 8.28. The van der Waals surface area contributed by atoms with E-state index in [1.165, 1.54) is 28.9 Å². The predicted molar refractivity (Wildman–Crippen MR) is 73.1 cm³/mol. The van der Waals surface area contributed by atoms with E-state index in [1.807, 2.05) is 0 Å². The van der Waals surface area contributed by atoms with Gasteiger partial charge in [-0.1, -0.05) is 0 Å². The Morgan fingerprint density at radius 3 is 1.61 bits per heavy atom. The molecule has 0 aromatic rings. The van der Waals surface area contributed by atoms with Crippen LogP contribution in [0.1, 0.15) is 40.0 Å². The Bertz CT molecular complexity index is 1080. The van der Waals surface area contributed by atoms with E-state index in [0.717, 1.165) is 16.2 Å². The number of hydrogen-bond acceptors (Lipinski definition) is 0.